The second-order valence-corrected chi connectivity index (χ2v) is 6.76. The van der Waals surface area contributed by atoms with Crippen molar-refractivity contribution in [3.05, 3.63) is 0 Å². The van der Waals surface area contributed by atoms with Crippen LogP contribution in [0.5, 0.6) is 0 Å². The summed E-state index contributed by atoms with van der Waals surface area (Å²) in [5, 5.41) is 0. The summed E-state index contributed by atoms with van der Waals surface area (Å²) in [6.07, 6.45) is 9.86. The Kier molecular flexibility index (Phi) is 7.82. The van der Waals surface area contributed by atoms with E-state index in [4.69, 9.17) is 0 Å². The number of ketones is 1. The Balaban J connectivity index is 4.32. The molecule has 0 radical (unpaired) electrons. The molecule has 0 saturated heterocycles. The van der Waals surface area contributed by atoms with E-state index in [0.29, 0.717) is 5.78 Å². The molecule has 0 N–H and O–H groups in total. The fraction of sp³-hybridized carbons (Fsp3) is 0.941. The highest BCUT2D eigenvalue weighted by atomic mass is 16.1. The van der Waals surface area contributed by atoms with E-state index in [1.54, 1.807) is 6.92 Å². The number of Topliss-reactive ketones (excluding diaryl/α,β-unsaturated/α-hetero) is 1. The van der Waals surface area contributed by atoms with Crippen molar-refractivity contribution in [1.29, 1.82) is 0 Å². The van der Waals surface area contributed by atoms with Crippen molar-refractivity contribution < 1.29 is 4.79 Å². The van der Waals surface area contributed by atoms with E-state index in [9.17, 15) is 4.79 Å². The van der Waals surface area contributed by atoms with E-state index in [-0.39, 0.29) is 10.8 Å². The molecule has 1 heteroatoms. The number of carbonyl (C=O) groups is 1. The monoisotopic (exact) mass is 254 g/mol. The van der Waals surface area contributed by atoms with E-state index < -0.39 is 0 Å². The topological polar surface area (TPSA) is 17.1 Å². The van der Waals surface area contributed by atoms with Crippen LogP contribution in [0.4, 0.5) is 0 Å². The molecule has 1 atom stereocenters. The number of unbranched alkanes of at least 4 members (excludes halogenated alkanes) is 5. The normalized spacial score (nSPS) is 15.4. The maximum atomic E-state index is 12.1. The third-order valence-electron chi connectivity index (χ3n) is 4.67. The molecule has 0 amide bonds. The minimum absolute atomic E-state index is 0.0804. The van der Waals surface area contributed by atoms with Crippen molar-refractivity contribution in [2.75, 3.05) is 0 Å². The summed E-state index contributed by atoms with van der Waals surface area (Å²) in [7, 11) is 0. The van der Waals surface area contributed by atoms with E-state index >= 15 is 0 Å². The van der Waals surface area contributed by atoms with Crippen LogP contribution < -0.4 is 0 Å². The van der Waals surface area contributed by atoms with E-state index in [0.717, 1.165) is 12.8 Å². The van der Waals surface area contributed by atoms with Gasteiger partial charge in [0.2, 0.25) is 0 Å². The molecule has 1 nitrogen and oxygen atoms in total. The first kappa shape index (κ1) is 17.7. The summed E-state index contributed by atoms with van der Waals surface area (Å²) in [5.74, 6) is 0.381. The van der Waals surface area contributed by atoms with Gasteiger partial charge in [-0.3, -0.25) is 4.79 Å². The fourth-order valence-electron chi connectivity index (χ4n) is 3.24. The van der Waals surface area contributed by atoms with Crippen molar-refractivity contribution >= 4 is 5.78 Å². The maximum Gasteiger partial charge on any atom is 0.136 e. The molecule has 0 heterocycles. The van der Waals surface area contributed by atoms with Crippen molar-refractivity contribution in [3.8, 4) is 0 Å². The first-order chi connectivity index (χ1) is 8.31. The Morgan fingerprint density at radius 3 is 1.78 bits per heavy atom. The SMILES string of the molecule is CCCCCCCCC(CC)(C(C)=O)C(C)(C)C. The van der Waals surface area contributed by atoms with Crippen LogP contribution in [0.3, 0.4) is 0 Å². The molecule has 0 bridgehead atoms. The Bertz CT molecular complexity index is 236. The van der Waals surface area contributed by atoms with Gasteiger partial charge in [0.15, 0.2) is 0 Å². The van der Waals surface area contributed by atoms with Gasteiger partial charge in [-0.1, -0.05) is 73.1 Å². The second-order valence-electron chi connectivity index (χ2n) is 6.76. The predicted molar refractivity (Wildman–Crippen MR) is 80.9 cm³/mol. The highest BCUT2D eigenvalue weighted by Gasteiger charge is 2.43. The molecule has 0 aliphatic heterocycles. The molecular weight excluding hydrogens is 220 g/mol. The van der Waals surface area contributed by atoms with Crippen LogP contribution in [0.25, 0.3) is 0 Å². The van der Waals surface area contributed by atoms with Gasteiger partial charge in [-0.15, -0.1) is 0 Å². The summed E-state index contributed by atoms with van der Waals surface area (Å²) in [4.78, 5) is 12.1. The molecule has 0 aromatic carbocycles. The van der Waals surface area contributed by atoms with Crippen molar-refractivity contribution in [2.24, 2.45) is 10.8 Å². The highest BCUT2D eigenvalue weighted by Crippen LogP contribution is 2.46. The van der Waals surface area contributed by atoms with Gasteiger partial charge in [-0.25, -0.2) is 0 Å². The van der Waals surface area contributed by atoms with Crippen molar-refractivity contribution in [1.82, 2.24) is 0 Å². The Labute approximate surface area is 115 Å². The van der Waals surface area contributed by atoms with Crippen LogP contribution >= 0.6 is 0 Å². The van der Waals surface area contributed by atoms with Gasteiger partial charge in [0, 0.05) is 5.41 Å². The molecule has 0 saturated carbocycles. The van der Waals surface area contributed by atoms with Gasteiger partial charge in [-0.05, 0) is 25.2 Å². The largest absolute Gasteiger partial charge is 0.299 e. The maximum absolute atomic E-state index is 12.1. The Morgan fingerprint density at radius 1 is 0.889 bits per heavy atom. The molecule has 0 aromatic rings. The first-order valence-electron chi connectivity index (χ1n) is 7.83. The molecule has 18 heavy (non-hydrogen) atoms. The number of carbonyl (C=O) groups excluding carboxylic acids is 1. The average Bonchev–Trinajstić information content (AvgIpc) is 2.26. The van der Waals surface area contributed by atoms with Gasteiger partial charge >= 0.3 is 0 Å². The smallest absolute Gasteiger partial charge is 0.136 e. The van der Waals surface area contributed by atoms with E-state index in [2.05, 4.69) is 34.6 Å². The number of hydrogen-bond acceptors (Lipinski definition) is 1. The third-order valence-corrected chi connectivity index (χ3v) is 4.67. The molecule has 0 fully saturated rings. The van der Waals surface area contributed by atoms with Crippen LogP contribution in [-0.2, 0) is 4.79 Å². The summed E-state index contributed by atoms with van der Waals surface area (Å²) >= 11 is 0. The zero-order valence-corrected chi connectivity index (χ0v) is 13.6. The molecular formula is C17H34O. The van der Waals surface area contributed by atoms with Crippen molar-refractivity contribution in [2.45, 2.75) is 92.9 Å². The lowest BCUT2D eigenvalue weighted by Gasteiger charge is -2.42. The molecule has 0 spiro atoms. The van der Waals surface area contributed by atoms with Gasteiger partial charge in [0.25, 0.3) is 0 Å². The molecule has 0 rings (SSSR count). The number of rotatable bonds is 9. The molecule has 108 valence electrons. The molecule has 0 aromatic heterocycles. The molecule has 0 aliphatic carbocycles. The summed E-state index contributed by atoms with van der Waals surface area (Å²) in [6.45, 7) is 12.9. The lowest BCUT2D eigenvalue weighted by atomic mass is 9.60. The minimum Gasteiger partial charge on any atom is -0.299 e. The van der Waals surface area contributed by atoms with E-state index in [1.807, 2.05) is 0 Å². The van der Waals surface area contributed by atoms with Crippen LogP contribution in [0.1, 0.15) is 92.9 Å². The lowest BCUT2D eigenvalue weighted by Crippen LogP contribution is -2.41. The quantitative estimate of drug-likeness (QED) is 0.477. The van der Waals surface area contributed by atoms with Crippen molar-refractivity contribution in [3.63, 3.8) is 0 Å². The average molecular weight is 254 g/mol. The highest BCUT2D eigenvalue weighted by molar-refractivity contribution is 5.83. The zero-order valence-electron chi connectivity index (χ0n) is 13.6. The van der Waals surface area contributed by atoms with Crippen LogP contribution in [-0.4, -0.2) is 5.78 Å². The number of hydrogen-bond donors (Lipinski definition) is 0. The third kappa shape index (κ3) is 4.74. The summed E-state index contributed by atoms with van der Waals surface area (Å²) < 4.78 is 0. The fourth-order valence-corrected chi connectivity index (χ4v) is 3.24. The summed E-state index contributed by atoms with van der Waals surface area (Å²) in [6, 6.07) is 0. The lowest BCUT2D eigenvalue weighted by molar-refractivity contribution is -0.134. The predicted octanol–water partition coefficient (Wildman–Crippen LogP) is 5.77. The van der Waals surface area contributed by atoms with Crippen LogP contribution in [0.2, 0.25) is 0 Å². The van der Waals surface area contributed by atoms with Gasteiger partial charge in [0.1, 0.15) is 5.78 Å². The second kappa shape index (κ2) is 7.96. The van der Waals surface area contributed by atoms with Gasteiger partial charge in [0.05, 0.1) is 0 Å². The van der Waals surface area contributed by atoms with E-state index in [1.165, 1.54) is 38.5 Å². The van der Waals surface area contributed by atoms with Gasteiger partial charge < -0.3 is 0 Å². The Hall–Kier alpha value is -0.330. The molecule has 0 aliphatic rings. The summed E-state index contributed by atoms with van der Waals surface area (Å²) in [5.41, 5.74) is -0.0330. The standard InChI is InChI=1S/C17H34O/c1-7-9-10-11-12-13-14-17(8-2,15(3)18)16(4,5)6/h7-14H2,1-6H3. The zero-order chi connectivity index (χ0) is 14.2. The van der Waals surface area contributed by atoms with Gasteiger partial charge in [-0.2, -0.15) is 0 Å². The Morgan fingerprint density at radius 2 is 1.39 bits per heavy atom. The van der Waals surface area contributed by atoms with Crippen LogP contribution in [0, 0.1) is 10.8 Å². The first-order valence-corrected chi connectivity index (χ1v) is 7.83. The minimum atomic E-state index is -0.113. The molecule has 1 unspecified atom stereocenters. The van der Waals surface area contributed by atoms with Crippen LogP contribution in [0.15, 0.2) is 0 Å².